The van der Waals surface area contributed by atoms with Crippen molar-refractivity contribution in [2.45, 2.75) is 12.1 Å². The Hall–Kier alpha value is -3.71. The molecular weight excluding hydrogens is 423 g/mol. The van der Waals surface area contributed by atoms with E-state index >= 15 is 0 Å². The van der Waals surface area contributed by atoms with Gasteiger partial charge >= 0.3 is 0 Å². The van der Waals surface area contributed by atoms with E-state index in [9.17, 15) is 4.39 Å². The van der Waals surface area contributed by atoms with Crippen molar-refractivity contribution < 1.29 is 9.13 Å². The summed E-state index contributed by atoms with van der Waals surface area (Å²) in [4.78, 5) is 6.62. The van der Waals surface area contributed by atoms with Crippen molar-refractivity contribution in [2.24, 2.45) is 0 Å². The minimum atomic E-state index is -0.288. The highest BCUT2D eigenvalue weighted by Crippen LogP contribution is 2.42. The van der Waals surface area contributed by atoms with Crippen LogP contribution in [0.15, 0.2) is 91.3 Å². The Morgan fingerprint density at radius 3 is 2.56 bits per heavy atom. The summed E-state index contributed by atoms with van der Waals surface area (Å²) in [6.45, 7) is 0. The molecule has 32 heavy (non-hydrogen) atoms. The third-order valence-electron chi connectivity index (χ3n) is 5.62. The molecule has 5 rings (SSSR count). The molecule has 0 unspecified atom stereocenters. The van der Waals surface area contributed by atoms with E-state index in [-0.39, 0.29) is 17.9 Å². The molecule has 2 atom stereocenters. The molecule has 3 heterocycles. The number of halogens is 1. The number of rotatable bonds is 5. The van der Waals surface area contributed by atoms with Gasteiger partial charge in [-0.1, -0.05) is 12.1 Å². The molecule has 0 radical (unpaired) electrons. The molecule has 160 valence electrons. The Balaban J connectivity index is 1.66. The molecular formula is C25H21FN4OS. The standard InChI is InChI=1S/C25H21FN4OS/c1-31-20-7-4-6-19(16-20)29-15-5-9-22(29)24-23(21-8-2-3-14-27-21)28-25(32)30(24)18-12-10-17(26)11-13-18/h2-16,23-24H,1H3,(H,28,32)/t23-,24+/m0/s1. The van der Waals surface area contributed by atoms with E-state index in [1.807, 2.05) is 59.6 Å². The summed E-state index contributed by atoms with van der Waals surface area (Å²) in [5.41, 5.74) is 3.68. The molecule has 2 aromatic carbocycles. The predicted octanol–water partition coefficient (Wildman–Crippen LogP) is 5.20. The van der Waals surface area contributed by atoms with Crippen molar-refractivity contribution >= 4 is 23.0 Å². The number of nitrogens with one attached hydrogen (secondary N) is 1. The third kappa shape index (κ3) is 3.61. The first-order valence-electron chi connectivity index (χ1n) is 10.2. The molecule has 7 heteroatoms. The van der Waals surface area contributed by atoms with Gasteiger partial charge in [0.2, 0.25) is 0 Å². The van der Waals surface area contributed by atoms with E-state index in [2.05, 4.69) is 20.9 Å². The van der Waals surface area contributed by atoms with Crippen molar-refractivity contribution in [1.82, 2.24) is 14.9 Å². The summed E-state index contributed by atoms with van der Waals surface area (Å²) in [6.07, 6.45) is 3.79. The fourth-order valence-corrected chi connectivity index (χ4v) is 4.51. The van der Waals surface area contributed by atoms with E-state index < -0.39 is 0 Å². The fraction of sp³-hybridized carbons (Fsp3) is 0.120. The van der Waals surface area contributed by atoms with Crippen LogP contribution in [0.1, 0.15) is 23.5 Å². The smallest absolute Gasteiger partial charge is 0.174 e. The number of hydrogen-bond donors (Lipinski definition) is 1. The van der Waals surface area contributed by atoms with Crippen LogP contribution in [0.25, 0.3) is 5.69 Å². The first-order chi connectivity index (χ1) is 15.7. The summed E-state index contributed by atoms with van der Waals surface area (Å²) in [5.74, 6) is 0.489. The van der Waals surface area contributed by atoms with Gasteiger partial charge < -0.3 is 19.5 Å². The number of pyridine rings is 1. The summed E-state index contributed by atoms with van der Waals surface area (Å²) in [5, 5.41) is 4.00. The maximum absolute atomic E-state index is 13.6. The van der Waals surface area contributed by atoms with Gasteiger partial charge in [0.25, 0.3) is 0 Å². The summed E-state index contributed by atoms with van der Waals surface area (Å²) < 4.78 is 21.2. The van der Waals surface area contributed by atoms with Crippen molar-refractivity contribution in [3.05, 3.63) is 108 Å². The van der Waals surface area contributed by atoms with Crippen LogP contribution in [0.2, 0.25) is 0 Å². The van der Waals surface area contributed by atoms with Crippen LogP contribution in [0.5, 0.6) is 5.75 Å². The van der Waals surface area contributed by atoms with E-state index in [0.717, 1.165) is 28.5 Å². The van der Waals surface area contributed by atoms with Gasteiger partial charge in [0, 0.05) is 35.5 Å². The first kappa shape index (κ1) is 20.2. The van der Waals surface area contributed by atoms with Crippen LogP contribution in [0.4, 0.5) is 10.1 Å². The van der Waals surface area contributed by atoms with Crippen LogP contribution in [0, 0.1) is 5.82 Å². The summed E-state index contributed by atoms with van der Waals surface area (Å²) in [6, 6.07) is 23.8. The van der Waals surface area contributed by atoms with Gasteiger partial charge in [-0.05, 0) is 72.9 Å². The number of ether oxygens (including phenoxy) is 1. The lowest BCUT2D eigenvalue weighted by Crippen LogP contribution is -2.30. The molecule has 2 aromatic heterocycles. The average Bonchev–Trinajstić information content (AvgIpc) is 3.44. The Morgan fingerprint density at radius 1 is 0.969 bits per heavy atom. The minimum Gasteiger partial charge on any atom is -0.497 e. The molecule has 0 spiro atoms. The van der Waals surface area contributed by atoms with Gasteiger partial charge in [0.05, 0.1) is 18.8 Å². The van der Waals surface area contributed by atoms with Crippen LogP contribution >= 0.6 is 12.2 Å². The zero-order valence-electron chi connectivity index (χ0n) is 17.4. The average molecular weight is 445 g/mol. The first-order valence-corrected chi connectivity index (χ1v) is 10.6. The van der Waals surface area contributed by atoms with E-state index in [0.29, 0.717) is 5.11 Å². The highest BCUT2D eigenvalue weighted by molar-refractivity contribution is 7.80. The lowest BCUT2D eigenvalue weighted by atomic mass is 10.0. The molecule has 1 saturated heterocycles. The van der Waals surface area contributed by atoms with Gasteiger partial charge in [-0.3, -0.25) is 4.98 Å². The predicted molar refractivity (Wildman–Crippen MR) is 127 cm³/mol. The normalized spacial score (nSPS) is 17.9. The van der Waals surface area contributed by atoms with Crippen molar-refractivity contribution in [3.8, 4) is 11.4 Å². The molecule has 1 N–H and O–H groups in total. The number of anilines is 1. The Bertz CT molecular complexity index is 1240. The molecule has 0 aliphatic carbocycles. The fourth-order valence-electron chi connectivity index (χ4n) is 4.17. The highest BCUT2D eigenvalue weighted by Gasteiger charge is 2.42. The second-order valence-corrected chi connectivity index (χ2v) is 7.86. The number of benzene rings is 2. The second kappa shape index (κ2) is 8.43. The van der Waals surface area contributed by atoms with Gasteiger partial charge in [0.15, 0.2) is 5.11 Å². The zero-order chi connectivity index (χ0) is 22.1. The van der Waals surface area contributed by atoms with E-state index in [1.54, 1.807) is 25.4 Å². The number of aromatic nitrogens is 2. The summed E-state index contributed by atoms with van der Waals surface area (Å²) >= 11 is 5.75. The molecule has 1 aliphatic heterocycles. The molecule has 1 fully saturated rings. The van der Waals surface area contributed by atoms with Crippen LogP contribution < -0.4 is 15.0 Å². The van der Waals surface area contributed by atoms with Gasteiger partial charge in [0.1, 0.15) is 17.6 Å². The Labute approximate surface area is 191 Å². The van der Waals surface area contributed by atoms with Crippen LogP contribution in [0.3, 0.4) is 0 Å². The maximum atomic E-state index is 13.6. The molecule has 5 nitrogen and oxygen atoms in total. The monoisotopic (exact) mass is 444 g/mol. The number of nitrogens with zero attached hydrogens (tertiary/aromatic N) is 3. The lowest BCUT2D eigenvalue weighted by molar-refractivity contribution is 0.414. The maximum Gasteiger partial charge on any atom is 0.174 e. The van der Waals surface area contributed by atoms with Gasteiger partial charge in [-0.2, -0.15) is 0 Å². The molecule has 4 aromatic rings. The quantitative estimate of drug-likeness (QED) is 0.429. The topological polar surface area (TPSA) is 42.3 Å². The number of thiocarbonyl (C=S) groups is 1. The van der Waals surface area contributed by atoms with E-state index in [4.69, 9.17) is 17.0 Å². The molecule has 0 saturated carbocycles. The Morgan fingerprint density at radius 2 is 1.81 bits per heavy atom. The SMILES string of the molecule is COc1cccc(-n2cccc2[C@@H]2[C@H](c3ccccn3)NC(=S)N2c2ccc(F)cc2)c1. The second-order valence-electron chi connectivity index (χ2n) is 7.48. The van der Waals surface area contributed by atoms with Crippen molar-refractivity contribution in [2.75, 3.05) is 12.0 Å². The number of methoxy groups -OCH3 is 1. The van der Waals surface area contributed by atoms with Crippen LogP contribution in [-0.2, 0) is 0 Å². The van der Waals surface area contributed by atoms with Crippen LogP contribution in [-0.4, -0.2) is 21.8 Å². The Kier molecular flexibility index (Phi) is 5.33. The molecule has 1 aliphatic rings. The van der Waals surface area contributed by atoms with Crippen molar-refractivity contribution in [1.29, 1.82) is 0 Å². The lowest BCUT2D eigenvalue weighted by Gasteiger charge is -2.29. The summed E-state index contributed by atoms with van der Waals surface area (Å²) in [7, 11) is 1.66. The zero-order valence-corrected chi connectivity index (χ0v) is 18.2. The van der Waals surface area contributed by atoms with Gasteiger partial charge in [-0.25, -0.2) is 4.39 Å². The minimum absolute atomic E-state index is 0.187. The third-order valence-corrected chi connectivity index (χ3v) is 5.93. The number of hydrogen-bond acceptors (Lipinski definition) is 3. The highest BCUT2D eigenvalue weighted by atomic mass is 32.1. The molecule has 0 amide bonds. The van der Waals surface area contributed by atoms with Gasteiger partial charge in [-0.15, -0.1) is 0 Å². The van der Waals surface area contributed by atoms with Crippen molar-refractivity contribution in [3.63, 3.8) is 0 Å². The molecule has 0 bridgehead atoms. The van der Waals surface area contributed by atoms with E-state index in [1.165, 1.54) is 12.1 Å². The largest absolute Gasteiger partial charge is 0.497 e.